The predicted octanol–water partition coefficient (Wildman–Crippen LogP) is 11.2. The second kappa shape index (κ2) is 10.2. The third kappa shape index (κ3) is 3.79. The third-order valence-electron chi connectivity index (χ3n) is 9.79. The summed E-state index contributed by atoms with van der Waals surface area (Å²) in [5.41, 5.74) is 10.4. The van der Waals surface area contributed by atoms with Gasteiger partial charge in [-0.3, -0.25) is 0 Å². The van der Waals surface area contributed by atoms with E-state index in [2.05, 4.69) is 124 Å². The average Bonchev–Trinajstić information content (AvgIpc) is 3.81. The first-order chi connectivity index (χ1) is 24.2. The molecule has 0 bridgehead atoms. The van der Waals surface area contributed by atoms with Gasteiger partial charge in [0.2, 0.25) is 0 Å². The molecule has 3 aromatic heterocycles. The van der Waals surface area contributed by atoms with Gasteiger partial charge >= 0.3 is 0 Å². The van der Waals surface area contributed by atoms with Crippen molar-refractivity contribution in [3.8, 4) is 34.6 Å². The number of hydrogen-bond donors (Lipinski definition) is 0. The van der Waals surface area contributed by atoms with Crippen molar-refractivity contribution in [3.05, 3.63) is 157 Å². The van der Waals surface area contributed by atoms with E-state index in [-0.39, 0.29) is 0 Å². The van der Waals surface area contributed by atoms with Gasteiger partial charge in [-0.1, -0.05) is 72.8 Å². The van der Waals surface area contributed by atoms with E-state index in [1.165, 1.54) is 10.8 Å². The van der Waals surface area contributed by atoms with E-state index >= 15 is 0 Å². The summed E-state index contributed by atoms with van der Waals surface area (Å²) in [6.07, 6.45) is 0. The molecule has 0 radical (unpaired) electrons. The molecule has 0 unspecified atom stereocenters. The molecular weight excluding hydrogens is 601 g/mol. The molecule has 0 N–H and O–H groups in total. The summed E-state index contributed by atoms with van der Waals surface area (Å²) in [5.74, 6) is 0. The summed E-state index contributed by atoms with van der Waals surface area (Å²) >= 11 is 0. The highest BCUT2D eigenvalue weighted by molar-refractivity contribution is 6.24. The van der Waals surface area contributed by atoms with Crippen LogP contribution in [-0.4, -0.2) is 9.13 Å². The topological polar surface area (TPSA) is 70.6 Å². The highest BCUT2D eigenvalue weighted by atomic mass is 16.3. The molecule has 7 aromatic carbocycles. The maximum absolute atomic E-state index is 10.2. The average molecular weight is 625 g/mol. The van der Waals surface area contributed by atoms with Crippen molar-refractivity contribution in [1.29, 1.82) is 10.5 Å². The van der Waals surface area contributed by atoms with E-state index in [9.17, 15) is 10.5 Å². The molecule has 0 amide bonds. The predicted molar refractivity (Wildman–Crippen MR) is 197 cm³/mol. The lowest BCUT2D eigenvalue weighted by molar-refractivity contribution is 0.673. The fourth-order valence-corrected chi connectivity index (χ4v) is 7.68. The smallest absolute Gasteiger partial charge is 0.145 e. The van der Waals surface area contributed by atoms with Crippen LogP contribution in [0.25, 0.3) is 88.1 Å². The molecule has 5 heteroatoms. The number of fused-ring (bicyclic) bond motifs is 10. The van der Waals surface area contributed by atoms with Crippen LogP contribution in [0.3, 0.4) is 0 Å². The van der Waals surface area contributed by atoms with Gasteiger partial charge in [0.1, 0.15) is 23.3 Å². The van der Waals surface area contributed by atoms with Gasteiger partial charge in [0.15, 0.2) is 0 Å². The van der Waals surface area contributed by atoms with Gasteiger partial charge in [-0.05, 0) is 83.9 Å². The fourth-order valence-electron chi connectivity index (χ4n) is 7.68. The summed E-state index contributed by atoms with van der Waals surface area (Å²) in [6, 6.07) is 54.4. The van der Waals surface area contributed by atoms with Gasteiger partial charge in [-0.15, -0.1) is 0 Å². The van der Waals surface area contributed by atoms with Crippen LogP contribution >= 0.6 is 0 Å². The van der Waals surface area contributed by atoms with Crippen molar-refractivity contribution in [2.75, 3.05) is 0 Å². The van der Waals surface area contributed by atoms with Crippen molar-refractivity contribution in [1.82, 2.24) is 9.13 Å². The Balaban J connectivity index is 1.29. The SMILES string of the molecule is N#Cc1cccc(C#N)c1-n1c2ccc(-c3ccc4c(c3)c3ccccc3n4-c3ccccc3)cc2c2c3oc4ccccc4c3ccc21. The van der Waals surface area contributed by atoms with Crippen LogP contribution in [0.2, 0.25) is 0 Å². The van der Waals surface area contributed by atoms with Crippen LogP contribution in [-0.2, 0) is 0 Å². The minimum absolute atomic E-state index is 0.437. The molecule has 0 saturated heterocycles. The number of nitrogens with zero attached hydrogens (tertiary/aromatic N) is 4. The molecule has 10 rings (SSSR count). The Morgan fingerprint density at radius 3 is 1.82 bits per heavy atom. The van der Waals surface area contributed by atoms with Gasteiger partial charge < -0.3 is 13.6 Å². The summed E-state index contributed by atoms with van der Waals surface area (Å²) in [5, 5.41) is 26.8. The summed E-state index contributed by atoms with van der Waals surface area (Å²) < 4.78 is 11.0. The van der Waals surface area contributed by atoms with Crippen molar-refractivity contribution < 1.29 is 4.42 Å². The molecule has 5 nitrogen and oxygen atoms in total. The van der Waals surface area contributed by atoms with Gasteiger partial charge in [0.25, 0.3) is 0 Å². The van der Waals surface area contributed by atoms with Crippen molar-refractivity contribution in [3.63, 3.8) is 0 Å². The zero-order chi connectivity index (χ0) is 32.6. The second-order valence-corrected chi connectivity index (χ2v) is 12.3. The molecule has 10 aromatic rings. The first-order valence-corrected chi connectivity index (χ1v) is 16.1. The van der Waals surface area contributed by atoms with Gasteiger partial charge in [-0.25, -0.2) is 0 Å². The molecule has 0 aliphatic rings. The Labute approximate surface area is 280 Å². The van der Waals surface area contributed by atoms with Crippen molar-refractivity contribution in [2.45, 2.75) is 0 Å². The lowest BCUT2D eigenvalue weighted by atomic mass is 10.00. The second-order valence-electron chi connectivity index (χ2n) is 12.3. The Hall–Kier alpha value is -7.08. The summed E-state index contributed by atoms with van der Waals surface area (Å²) in [6.45, 7) is 0. The number of aromatic nitrogens is 2. The number of hydrogen-bond acceptors (Lipinski definition) is 3. The Kier molecular flexibility index (Phi) is 5.64. The van der Waals surface area contributed by atoms with Gasteiger partial charge in [-0.2, -0.15) is 10.5 Å². The van der Waals surface area contributed by atoms with E-state index < -0.39 is 0 Å². The normalized spacial score (nSPS) is 11.6. The zero-order valence-electron chi connectivity index (χ0n) is 26.1. The first kappa shape index (κ1) is 27.1. The van der Waals surface area contributed by atoms with Crippen LogP contribution in [0.4, 0.5) is 0 Å². The fraction of sp³-hybridized carbons (Fsp3) is 0. The van der Waals surface area contributed by atoms with E-state index in [0.29, 0.717) is 16.8 Å². The molecule has 0 spiro atoms. The zero-order valence-corrected chi connectivity index (χ0v) is 26.1. The standard InChI is InChI=1S/C44H24N4O/c45-25-29-9-8-10-30(26-46)43(29)48-39-21-18-28(24-36(39)42-40(48)22-19-34-33-14-5-7-16-41(33)49-44(34)42)27-17-20-38-35(23-27)32-13-4-6-15-37(32)47(38)31-11-2-1-3-12-31/h1-24H. The highest BCUT2D eigenvalue weighted by Gasteiger charge is 2.22. The Morgan fingerprint density at radius 1 is 0.449 bits per heavy atom. The lowest BCUT2D eigenvalue weighted by Crippen LogP contribution is -2.01. The van der Waals surface area contributed by atoms with Crippen LogP contribution in [0.5, 0.6) is 0 Å². The molecule has 0 fully saturated rings. The van der Waals surface area contributed by atoms with Crippen LogP contribution in [0, 0.1) is 22.7 Å². The molecule has 0 aliphatic heterocycles. The quantitative estimate of drug-likeness (QED) is 0.196. The largest absolute Gasteiger partial charge is 0.455 e. The monoisotopic (exact) mass is 624 g/mol. The maximum atomic E-state index is 10.2. The number of para-hydroxylation sites is 4. The lowest BCUT2D eigenvalue weighted by Gasteiger charge is -2.12. The Morgan fingerprint density at radius 2 is 1.06 bits per heavy atom. The molecule has 0 saturated carbocycles. The first-order valence-electron chi connectivity index (χ1n) is 16.1. The minimum Gasteiger partial charge on any atom is -0.455 e. The number of rotatable bonds is 3. The Bertz CT molecular complexity index is 3040. The van der Waals surface area contributed by atoms with Crippen LogP contribution in [0.1, 0.15) is 11.1 Å². The molecular formula is C44H24N4O. The maximum Gasteiger partial charge on any atom is 0.145 e. The highest BCUT2D eigenvalue weighted by Crippen LogP contribution is 2.43. The van der Waals surface area contributed by atoms with Crippen LogP contribution in [0.15, 0.2) is 150 Å². The molecule has 3 heterocycles. The van der Waals surface area contributed by atoms with E-state index in [1.807, 2.05) is 24.3 Å². The summed E-state index contributed by atoms with van der Waals surface area (Å²) in [4.78, 5) is 0. The molecule has 0 atom stereocenters. The number of furan rings is 1. The minimum atomic E-state index is 0.437. The van der Waals surface area contributed by atoms with Crippen LogP contribution < -0.4 is 0 Å². The number of nitriles is 2. The van der Waals surface area contributed by atoms with E-state index in [4.69, 9.17) is 4.42 Å². The van der Waals surface area contributed by atoms with Gasteiger partial charge in [0, 0.05) is 32.6 Å². The van der Waals surface area contributed by atoms with E-state index in [0.717, 1.165) is 71.6 Å². The third-order valence-corrected chi connectivity index (χ3v) is 9.79. The molecule has 0 aliphatic carbocycles. The summed E-state index contributed by atoms with van der Waals surface area (Å²) in [7, 11) is 0. The molecule has 49 heavy (non-hydrogen) atoms. The molecule has 226 valence electrons. The van der Waals surface area contributed by atoms with Crippen molar-refractivity contribution in [2.24, 2.45) is 0 Å². The number of benzene rings is 7. The van der Waals surface area contributed by atoms with E-state index in [1.54, 1.807) is 18.2 Å². The van der Waals surface area contributed by atoms with Gasteiger partial charge in [0.05, 0.1) is 44.3 Å². The van der Waals surface area contributed by atoms with Crippen molar-refractivity contribution >= 4 is 65.6 Å².